The summed E-state index contributed by atoms with van der Waals surface area (Å²) in [6.45, 7) is 1.64. The van der Waals surface area contributed by atoms with Gasteiger partial charge >= 0.3 is 12.1 Å². The number of carboxylic acid groups (broad SMARTS) is 1. The fourth-order valence-corrected chi connectivity index (χ4v) is 3.79. The minimum atomic E-state index is -1.39. The number of rotatable bonds is 8. The van der Waals surface area contributed by atoms with Crippen molar-refractivity contribution in [1.29, 1.82) is 0 Å². The zero-order chi connectivity index (χ0) is 20.9. The molecule has 0 aromatic heterocycles. The first-order chi connectivity index (χ1) is 14.0. The number of hydrogen-bond acceptors (Lipinski definition) is 3. The van der Waals surface area contributed by atoms with E-state index in [1.54, 1.807) is 0 Å². The highest BCUT2D eigenvalue weighted by Gasteiger charge is 2.35. The first-order valence-corrected chi connectivity index (χ1v) is 9.76. The Kier molecular flexibility index (Phi) is 6.23. The fraction of sp³-hybridized carbons (Fsp3) is 0.333. The van der Waals surface area contributed by atoms with Crippen LogP contribution in [0.25, 0.3) is 11.1 Å². The van der Waals surface area contributed by atoms with Gasteiger partial charge < -0.3 is 15.2 Å². The average molecular weight is 391 g/mol. The third-order valence-corrected chi connectivity index (χ3v) is 5.44. The Morgan fingerprint density at radius 2 is 1.69 bits per heavy atom. The molecule has 0 aliphatic heterocycles. The van der Waals surface area contributed by atoms with E-state index < -0.39 is 17.6 Å². The van der Waals surface area contributed by atoms with Crippen molar-refractivity contribution in [2.45, 2.75) is 44.1 Å². The van der Waals surface area contributed by atoms with E-state index in [1.807, 2.05) is 36.4 Å². The number of hydrogen-bond donors (Lipinski definition) is 2. The van der Waals surface area contributed by atoms with Crippen LogP contribution in [0.2, 0.25) is 0 Å². The van der Waals surface area contributed by atoms with Crippen LogP contribution >= 0.6 is 0 Å². The molecule has 2 N–H and O–H groups in total. The van der Waals surface area contributed by atoms with Crippen LogP contribution < -0.4 is 5.32 Å². The molecule has 1 atom stereocenters. The van der Waals surface area contributed by atoms with Gasteiger partial charge in [0, 0.05) is 12.3 Å². The van der Waals surface area contributed by atoms with Crippen molar-refractivity contribution in [2.24, 2.45) is 0 Å². The normalized spacial score (nSPS) is 14.2. The predicted molar refractivity (Wildman–Crippen MR) is 112 cm³/mol. The Hall–Kier alpha value is -3.26. The average Bonchev–Trinajstić information content (AvgIpc) is 3.03. The van der Waals surface area contributed by atoms with Gasteiger partial charge in [-0.3, -0.25) is 0 Å². The van der Waals surface area contributed by atoms with Crippen molar-refractivity contribution in [1.82, 2.24) is 5.32 Å². The number of terminal acetylenes is 1. The minimum Gasteiger partial charge on any atom is -0.480 e. The second-order valence-corrected chi connectivity index (χ2v) is 7.50. The lowest BCUT2D eigenvalue weighted by atomic mass is 9.94. The lowest BCUT2D eigenvalue weighted by Crippen LogP contribution is -2.52. The maximum Gasteiger partial charge on any atom is 0.408 e. The van der Waals surface area contributed by atoms with Crippen LogP contribution in [-0.2, 0) is 9.53 Å². The number of carboxylic acids is 1. The standard InChI is InChI=1S/C24H25NO4/c1-3-4-5-10-15-24(2,22(26)27)25-23(28)29-16-21-19-13-8-6-11-17(19)18-12-7-9-14-20(18)21/h1,6-9,11-14,21H,4-5,10,15-16H2,2H3,(H,25,28)(H,26,27)/t24-/m1/s1. The van der Waals surface area contributed by atoms with Gasteiger partial charge in [0.05, 0.1) is 0 Å². The van der Waals surface area contributed by atoms with E-state index in [1.165, 1.54) is 6.92 Å². The highest BCUT2D eigenvalue weighted by Crippen LogP contribution is 2.44. The molecular weight excluding hydrogens is 366 g/mol. The van der Waals surface area contributed by atoms with E-state index in [2.05, 4.69) is 23.4 Å². The quantitative estimate of drug-likeness (QED) is 0.511. The van der Waals surface area contributed by atoms with E-state index in [4.69, 9.17) is 11.2 Å². The van der Waals surface area contributed by atoms with Gasteiger partial charge in [0.25, 0.3) is 0 Å². The Balaban J connectivity index is 1.66. The largest absolute Gasteiger partial charge is 0.480 e. The van der Waals surface area contributed by atoms with Gasteiger partial charge in [0.15, 0.2) is 0 Å². The van der Waals surface area contributed by atoms with Crippen molar-refractivity contribution in [3.05, 3.63) is 59.7 Å². The van der Waals surface area contributed by atoms with Crippen LogP contribution in [0.3, 0.4) is 0 Å². The summed E-state index contributed by atoms with van der Waals surface area (Å²) in [4.78, 5) is 24.1. The lowest BCUT2D eigenvalue weighted by molar-refractivity contribution is -0.144. The number of alkyl carbamates (subject to hydrolysis) is 1. The molecule has 1 amide bonds. The molecule has 1 aliphatic rings. The number of amides is 1. The molecule has 0 spiro atoms. The van der Waals surface area contributed by atoms with Crippen LogP contribution in [0.5, 0.6) is 0 Å². The van der Waals surface area contributed by atoms with Crippen molar-refractivity contribution in [3.8, 4) is 23.5 Å². The van der Waals surface area contributed by atoms with Gasteiger partial charge in [0.1, 0.15) is 12.1 Å². The summed E-state index contributed by atoms with van der Waals surface area (Å²) in [7, 11) is 0. The van der Waals surface area contributed by atoms with Crippen molar-refractivity contribution in [3.63, 3.8) is 0 Å². The van der Waals surface area contributed by atoms with E-state index in [-0.39, 0.29) is 18.9 Å². The van der Waals surface area contributed by atoms with E-state index in [0.717, 1.165) is 22.3 Å². The summed E-state index contributed by atoms with van der Waals surface area (Å²) in [5, 5.41) is 12.1. The van der Waals surface area contributed by atoms with Crippen LogP contribution in [-0.4, -0.2) is 29.3 Å². The van der Waals surface area contributed by atoms with Crippen molar-refractivity contribution in [2.75, 3.05) is 6.61 Å². The number of nitrogens with one attached hydrogen (secondary N) is 1. The highest BCUT2D eigenvalue weighted by molar-refractivity contribution is 5.84. The van der Waals surface area contributed by atoms with Crippen LogP contribution in [0, 0.1) is 12.3 Å². The Labute approximate surface area is 171 Å². The van der Waals surface area contributed by atoms with E-state index >= 15 is 0 Å². The van der Waals surface area contributed by atoms with Gasteiger partial charge in [0.2, 0.25) is 0 Å². The van der Waals surface area contributed by atoms with Crippen molar-refractivity contribution >= 4 is 12.1 Å². The Morgan fingerprint density at radius 3 is 2.24 bits per heavy atom. The van der Waals surface area contributed by atoms with Gasteiger partial charge in [-0.15, -0.1) is 12.3 Å². The number of carbonyl (C=O) groups is 2. The SMILES string of the molecule is C#CCCCC[C@@](C)(NC(=O)OCC1c2ccccc2-c2ccccc21)C(=O)O. The summed E-state index contributed by atoms with van der Waals surface area (Å²) >= 11 is 0. The molecule has 29 heavy (non-hydrogen) atoms. The second-order valence-electron chi connectivity index (χ2n) is 7.50. The van der Waals surface area contributed by atoms with Gasteiger partial charge in [-0.25, -0.2) is 9.59 Å². The first-order valence-electron chi connectivity index (χ1n) is 9.76. The van der Waals surface area contributed by atoms with Gasteiger partial charge in [-0.1, -0.05) is 48.5 Å². The van der Waals surface area contributed by atoms with Gasteiger partial charge in [-0.2, -0.15) is 0 Å². The number of unbranched alkanes of at least 4 members (excludes halogenated alkanes) is 2. The summed E-state index contributed by atoms with van der Waals surface area (Å²) in [6, 6.07) is 16.1. The molecule has 0 radical (unpaired) electrons. The highest BCUT2D eigenvalue weighted by atomic mass is 16.5. The van der Waals surface area contributed by atoms with Crippen molar-refractivity contribution < 1.29 is 19.4 Å². The number of benzene rings is 2. The molecular formula is C24H25NO4. The number of ether oxygens (including phenoxy) is 1. The predicted octanol–water partition coefficient (Wildman–Crippen LogP) is 4.56. The fourth-order valence-electron chi connectivity index (χ4n) is 3.79. The van der Waals surface area contributed by atoms with Gasteiger partial charge in [-0.05, 0) is 48.4 Å². The molecule has 5 nitrogen and oxygen atoms in total. The molecule has 0 saturated heterocycles. The second kappa shape index (κ2) is 8.83. The smallest absolute Gasteiger partial charge is 0.408 e. The molecule has 0 saturated carbocycles. The summed E-state index contributed by atoms with van der Waals surface area (Å²) < 4.78 is 5.47. The molecule has 1 aliphatic carbocycles. The zero-order valence-electron chi connectivity index (χ0n) is 16.5. The number of aliphatic carboxylic acids is 1. The number of carbonyl (C=O) groups excluding carboxylic acids is 1. The first kappa shape index (κ1) is 20.5. The lowest BCUT2D eigenvalue weighted by Gasteiger charge is -2.26. The molecule has 2 aromatic carbocycles. The molecule has 0 heterocycles. The Bertz CT molecular complexity index is 900. The zero-order valence-corrected chi connectivity index (χ0v) is 16.5. The molecule has 0 bridgehead atoms. The summed E-state index contributed by atoms with van der Waals surface area (Å²) in [6.07, 6.45) is 6.69. The monoisotopic (exact) mass is 391 g/mol. The molecule has 2 aromatic rings. The third-order valence-electron chi connectivity index (χ3n) is 5.44. The molecule has 3 rings (SSSR count). The molecule has 150 valence electrons. The topological polar surface area (TPSA) is 75.6 Å². The third kappa shape index (κ3) is 4.43. The molecule has 0 fully saturated rings. The van der Waals surface area contributed by atoms with Crippen LogP contribution in [0.1, 0.15) is 49.7 Å². The molecule has 5 heteroatoms. The Morgan fingerprint density at radius 1 is 1.10 bits per heavy atom. The maximum atomic E-state index is 12.4. The van der Waals surface area contributed by atoms with E-state index in [0.29, 0.717) is 19.3 Å². The van der Waals surface area contributed by atoms with Crippen LogP contribution in [0.4, 0.5) is 4.79 Å². The minimum absolute atomic E-state index is 0.0696. The van der Waals surface area contributed by atoms with E-state index in [9.17, 15) is 14.7 Å². The molecule has 0 unspecified atom stereocenters. The summed E-state index contributed by atoms with van der Waals surface area (Å²) in [5.74, 6) is 1.37. The summed E-state index contributed by atoms with van der Waals surface area (Å²) in [5.41, 5.74) is 3.10. The number of fused-ring (bicyclic) bond motifs is 3. The van der Waals surface area contributed by atoms with Crippen LogP contribution in [0.15, 0.2) is 48.5 Å². The maximum absolute atomic E-state index is 12.4.